The first-order valence-electron chi connectivity index (χ1n) is 13.0. The summed E-state index contributed by atoms with van der Waals surface area (Å²) in [5, 5.41) is 9.74. The second kappa shape index (κ2) is 15.4. The molecule has 3 aromatic carbocycles. The van der Waals surface area contributed by atoms with E-state index in [4.69, 9.17) is 21.1 Å². The molecule has 3 aromatic rings. The Kier molecular flexibility index (Phi) is 11.7. The third-order valence-corrected chi connectivity index (χ3v) is 5.85. The van der Waals surface area contributed by atoms with Crippen LogP contribution in [0.25, 0.3) is 0 Å². The van der Waals surface area contributed by atoms with Crippen LogP contribution < -0.4 is 25.5 Å². The van der Waals surface area contributed by atoms with Gasteiger partial charge in [-0.3, -0.25) is 14.4 Å². The highest BCUT2D eigenvalue weighted by molar-refractivity contribution is 6.30. The quantitative estimate of drug-likeness (QED) is 0.189. The molecule has 0 heterocycles. The number of para-hydroxylation sites is 1. The lowest BCUT2D eigenvalue weighted by Gasteiger charge is -2.19. The molecule has 0 bridgehead atoms. The second-order valence-electron chi connectivity index (χ2n) is 9.35. The Hall–Kier alpha value is -4.44. The summed E-state index contributed by atoms with van der Waals surface area (Å²) < 4.78 is 25.0. The molecule has 11 heteroatoms. The lowest BCUT2D eigenvalue weighted by molar-refractivity contribution is -0.123. The third kappa shape index (κ3) is 9.91. The zero-order chi connectivity index (χ0) is 29.8. The van der Waals surface area contributed by atoms with Crippen molar-refractivity contribution < 1.29 is 28.2 Å². The van der Waals surface area contributed by atoms with Crippen LogP contribution in [-0.4, -0.2) is 43.2 Å². The first-order valence-corrected chi connectivity index (χ1v) is 13.4. The van der Waals surface area contributed by atoms with Crippen molar-refractivity contribution in [2.24, 2.45) is 11.0 Å². The first kappa shape index (κ1) is 31.1. The molecule has 1 atom stereocenters. The summed E-state index contributed by atoms with van der Waals surface area (Å²) in [6.07, 6.45) is 1.83. The van der Waals surface area contributed by atoms with Gasteiger partial charge in [0.25, 0.3) is 17.7 Å². The number of hydrazone groups is 1. The molecule has 9 nitrogen and oxygen atoms in total. The van der Waals surface area contributed by atoms with E-state index in [0.29, 0.717) is 40.7 Å². The van der Waals surface area contributed by atoms with E-state index in [2.05, 4.69) is 21.2 Å². The van der Waals surface area contributed by atoms with E-state index in [-0.39, 0.29) is 18.2 Å². The van der Waals surface area contributed by atoms with Gasteiger partial charge in [0.1, 0.15) is 11.9 Å². The predicted octanol–water partition coefficient (Wildman–Crippen LogP) is 5.19. The predicted molar refractivity (Wildman–Crippen MR) is 156 cm³/mol. The maximum atomic E-state index is 13.8. The standard InChI is InChI=1S/C30H32ClFN4O5/c1-4-40-27-16-20(9-14-26(27)41-18-28(37)34-24-8-6-5-7-23(24)32)17-33-36-30(39)25(15-19(2)3)35-29(38)21-10-12-22(31)13-11-21/h5-14,16-17,19,25H,4,15,18H2,1-3H3,(H,34,37)(H,35,38)(H,36,39)/b33-17+. The van der Waals surface area contributed by atoms with Crippen molar-refractivity contribution in [3.63, 3.8) is 0 Å². The smallest absolute Gasteiger partial charge is 0.262 e. The molecule has 0 aromatic heterocycles. The van der Waals surface area contributed by atoms with E-state index >= 15 is 0 Å². The van der Waals surface area contributed by atoms with Gasteiger partial charge in [0.05, 0.1) is 18.5 Å². The second-order valence-corrected chi connectivity index (χ2v) is 9.79. The summed E-state index contributed by atoms with van der Waals surface area (Å²) >= 11 is 5.89. The van der Waals surface area contributed by atoms with E-state index in [1.54, 1.807) is 55.5 Å². The van der Waals surface area contributed by atoms with E-state index in [1.165, 1.54) is 24.4 Å². The average molecular weight is 583 g/mol. The largest absolute Gasteiger partial charge is 0.490 e. The number of carbonyl (C=O) groups excluding carboxylic acids is 3. The van der Waals surface area contributed by atoms with Gasteiger partial charge in [-0.1, -0.05) is 37.6 Å². The highest BCUT2D eigenvalue weighted by atomic mass is 35.5. The molecule has 0 aliphatic rings. The molecular formula is C30H32ClFN4O5. The molecule has 3 rings (SSSR count). The number of nitrogens with zero attached hydrogens (tertiary/aromatic N) is 1. The zero-order valence-corrected chi connectivity index (χ0v) is 23.7. The third-order valence-electron chi connectivity index (χ3n) is 5.60. The van der Waals surface area contributed by atoms with Crippen LogP contribution in [0.4, 0.5) is 10.1 Å². The van der Waals surface area contributed by atoms with Crippen molar-refractivity contribution in [1.29, 1.82) is 0 Å². The first-order chi connectivity index (χ1) is 19.7. The van der Waals surface area contributed by atoms with Gasteiger partial charge in [0, 0.05) is 10.6 Å². The Morgan fingerprint density at radius 1 is 1.00 bits per heavy atom. The minimum atomic E-state index is -0.805. The van der Waals surface area contributed by atoms with E-state index < -0.39 is 29.6 Å². The van der Waals surface area contributed by atoms with Crippen molar-refractivity contribution in [3.05, 3.63) is 88.7 Å². The van der Waals surface area contributed by atoms with Crippen LogP contribution >= 0.6 is 11.6 Å². The topological polar surface area (TPSA) is 118 Å². The molecule has 0 radical (unpaired) electrons. The minimum Gasteiger partial charge on any atom is -0.490 e. The van der Waals surface area contributed by atoms with Crippen LogP contribution in [0, 0.1) is 11.7 Å². The normalized spacial score (nSPS) is 11.7. The van der Waals surface area contributed by atoms with Gasteiger partial charge in [0.2, 0.25) is 0 Å². The van der Waals surface area contributed by atoms with Gasteiger partial charge >= 0.3 is 0 Å². The van der Waals surface area contributed by atoms with Crippen molar-refractivity contribution in [2.75, 3.05) is 18.5 Å². The fraction of sp³-hybridized carbons (Fsp3) is 0.267. The summed E-state index contributed by atoms with van der Waals surface area (Å²) in [5.74, 6) is -1.16. The summed E-state index contributed by atoms with van der Waals surface area (Å²) in [5.41, 5.74) is 3.50. The number of halogens is 2. The number of anilines is 1. The lowest BCUT2D eigenvalue weighted by Crippen LogP contribution is -2.46. The van der Waals surface area contributed by atoms with E-state index in [1.807, 2.05) is 13.8 Å². The van der Waals surface area contributed by atoms with Crippen molar-refractivity contribution in [2.45, 2.75) is 33.2 Å². The number of rotatable bonds is 13. The number of hydrogen-bond donors (Lipinski definition) is 3. The highest BCUT2D eigenvalue weighted by Crippen LogP contribution is 2.28. The van der Waals surface area contributed by atoms with Crippen LogP contribution in [0.3, 0.4) is 0 Å². The molecule has 216 valence electrons. The van der Waals surface area contributed by atoms with Gasteiger partial charge in [-0.05, 0) is 79.4 Å². The Labute approximate surface area is 243 Å². The summed E-state index contributed by atoms with van der Waals surface area (Å²) in [4.78, 5) is 37.7. The van der Waals surface area contributed by atoms with E-state index in [9.17, 15) is 18.8 Å². The van der Waals surface area contributed by atoms with Crippen LogP contribution in [0.5, 0.6) is 11.5 Å². The molecule has 0 fully saturated rings. The lowest BCUT2D eigenvalue weighted by atomic mass is 10.0. The number of carbonyl (C=O) groups is 3. The minimum absolute atomic E-state index is 0.0555. The maximum absolute atomic E-state index is 13.8. The highest BCUT2D eigenvalue weighted by Gasteiger charge is 2.22. The number of hydrogen-bond acceptors (Lipinski definition) is 6. The van der Waals surface area contributed by atoms with Crippen molar-refractivity contribution >= 4 is 41.2 Å². The van der Waals surface area contributed by atoms with Crippen LogP contribution in [0.2, 0.25) is 5.02 Å². The fourth-order valence-electron chi connectivity index (χ4n) is 3.68. The molecule has 3 amide bonds. The zero-order valence-electron chi connectivity index (χ0n) is 22.9. The van der Waals surface area contributed by atoms with Gasteiger partial charge in [-0.25, -0.2) is 9.82 Å². The molecule has 0 saturated heterocycles. The number of benzene rings is 3. The number of amides is 3. The molecule has 3 N–H and O–H groups in total. The van der Waals surface area contributed by atoms with Crippen molar-refractivity contribution in [3.8, 4) is 11.5 Å². The molecular weight excluding hydrogens is 551 g/mol. The van der Waals surface area contributed by atoms with Crippen LogP contribution in [0.15, 0.2) is 71.8 Å². The van der Waals surface area contributed by atoms with Crippen LogP contribution in [-0.2, 0) is 9.59 Å². The van der Waals surface area contributed by atoms with Crippen molar-refractivity contribution in [1.82, 2.24) is 10.7 Å². The summed E-state index contributed by atoms with van der Waals surface area (Å²) in [7, 11) is 0. The number of ether oxygens (including phenoxy) is 2. The molecule has 0 aliphatic carbocycles. The summed E-state index contributed by atoms with van der Waals surface area (Å²) in [6, 6.07) is 16.3. The summed E-state index contributed by atoms with van der Waals surface area (Å²) in [6.45, 7) is 5.65. The van der Waals surface area contributed by atoms with E-state index in [0.717, 1.165) is 0 Å². The Bertz CT molecular complexity index is 1380. The number of nitrogens with one attached hydrogen (secondary N) is 3. The molecule has 41 heavy (non-hydrogen) atoms. The Morgan fingerprint density at radius 3 is 2.41 bits per heavy atom. The Morgan fingerprint density at radius 2 is 1.73 bits per heavy atom. The van der Waals surface area contributed by atoms with Gasteiger partial charge in [-0.2, -0.15) is 5.10 Å². The maximum Gasteiger partial charge on any atom is 0.262 e. The molecule has 1 unspecified atom stereocenters. The fourth-order valence-corrected chi connectivity index (χ4v) is 3.80. The van der Waals surface area contributed by atoms with Gasteiger partial charge < -0.3 is 20.1 Å². The average Bonchev–Trinajstić information content (AvgIpc) is 2.93. The Balaban J connectivity index is 1.61. The van der Waals surface area contributed by atoms with Crippen LogP contribution in [0.1, 0.15) is 43.1 Å². The molecule has 0 spiro atoms. The van der Waals surface area contributed by atoms with Gasteiger partial charge in [-0.15, -0.1) is 0 Å². The monoisotopic (exact) mass is 582 g/mol. The SMILES string of the molecule is CCOc1cc(/C=N/NC(=O)C(CC(C)C)NC(=O)c2ccc(Cl)cc2)ccc1OCC(=O)Nc1ccccc1F. The molecule has 0 aliphatic heterocycles. The molecule has 0 saturated carbocycles. The van der Waals surface area contributed by atoms with Gasteiger partial charge in [0.15, 0.2) is 18.1 Å².